The summed E-state index contributed by atoms with van der Waals surface area (Å²) in [6.45, 7) is 0.608. The number of rotatable bonds is 6. The number of sulfone groups is 1. The molecule has 0 radical (unpaired) electrons. The van der Waals surface area contributed by atoms with Crippen LogP contribution in [-0.4, -0.2) is 34.8 Å². The van der Waals surface area contributed by atoms with E-state index >= 15 is 0 Å². The van der Waals surface area contributed by atoms with Crippen molar-refractivity contribution in [1.29, 1.82) is 0 Å². The molecular formula is C23H18ClN5O2S. The number of hydrogen-bond acceptors (Lipinski definition) is 6. The quantitative estimate of drug-likeness (QED) is 0.401. The number of nitrogens with one attached hydrogen (secondary N) is 1. The highest BCUT2D eigenvalue weighted by atomic mass is 35.5. The van der Waals surface area contributed by atoms with Gasteiger partial charge in [0, 0.05) is 17.0 Å². The van der Waals surface area contributed by atoms with Crippen LogP contribution >= 0.6 is 11.6 Å². The Kier molecular flexibility index (Phi) is 5.24. The minimum Gasteiger partial charge on any atom is -0.369 e. The van der Waals surface area contributed by atoms with E-state index in [-0.39, 0.29) is 15.6 Å². The van der Waals surface area contributed by atoms with Crippen LogP contribution in [0.4, 0.5) is 5.82 Å². The fourth-order valence-electron chi connectivity index (χ4n) is 3.54. The Morgan fingerprint density at radius 1 is 0.906 bits per heavy atom. The molecule has 0 saturated heterocycles. The van der Waals surface area contributed by atoms with Crippen LogP contribution in [0, 0.1) is 0 Å². The molecule has 1 N–H and O–H groups in total. The van der Waals surface area contributed by atoms with Gasteiger partial charge in [0.05, 0.1) is 10.4 Å². The maximum atomic E-state index is 13.2. The highest BCUT2D eigenvalue weighted by Gasteiger charge is 2.26. The summed E-state index contributed by atoms with van der Waals surface area (Å²) in [7, 11) is -3.87. The van der Waals surface area contributed by atoms with Gasteiger partial charge < -0.3 is 5.32 Å². The Morgan fingerprint density at radius 3 is 2.41 bits per heavy atom. The summed E-state index contributed by atoms with van der Waals surface area (Å²) in [6, 6.07) is 23.4. The molecule has 32 heavy (non-hydrogen) atoms. The zero-order valence-electron chi connectivity index (χ0n) is 16.8. The van der Waals surface area contributed by atoms with E-state index in [0.29, 0.717) is 22.9 Å². The minimum atomic E-state index is -3.87. The van der Waals surface area contributed by atoms with E-state index in [1.165, 1.54) is 16.6 Å². The average Bonchev–Trinajstić information content (AvgIpc) is 3.26. The predicted octanol–water partition coefficient (Wildman–Crippen LogP) is 4.42. The number of aromatic nitrogens is 4. The molecule has 0 bridgehead atoms. The summed E-state index contributed by atoms with van der Waals surface area (Å²) in [5.41, 5.74) is 2.03. The summed E-state index contributed by atoms with van der Waals surface area (Å²) in [5, 5.41) is 12.8. The van der Waals surface area contributed by atoms with Crippen LogP contribution in [0.25, 0.3) is 16.6 Å². The van der Waals surface area contributed by atoms with Gasteiger partial charge in [-0.2, -0.15) is 4.52 Å². The van der Waals surface area contributed by atoms with Crippen LogP contribution in [0.1, 0.15) is 5.56 Å². The first-order valence-electron chi connectivity index (χ1n) is 9.97. The van der Waals surface area contributed by atoms with Crippen molar-refractivity contribution in [3.63, 3.8) is 0 Å². The van der Waals surface area contributed by atoms with E-state index in [4.69, 9.17) is 11.6 Å². The molecule has 9 heteroatoms. The molecule has 2 aromatic heterocycles. The SMILES string of the molecule is O=S(=O)(c1ccccc1)c1nnn2c1nc(NCCc1ccc(Cl)cc1)c1ccccc12. The van der Waals surface area contributed by atoms with E-state index in [9.17, 15) is 8.42 Å². The van der Waals surface area contributed by atoms with Gasteiger partial charge in [0.2, 0.25) is 14.9 Å². The Bertz CT molecular complexity index is 1520. The van der Waals surface area contributed by atoms with Crippen molar-refractivity contribution in [3.8, 4) is 0 Å². The van der Waals surface area contributed by atoms with Gasteiger partial charge in [-0.3, -0.25) is 0 Å². The molecule has 5 rings (SSSR count). The molecule has 0 aliphatic carbocycles. The summed E-state index contributed by atoms with van der Waals surface area (Å²) in [5.74, 6) is 0.578. The number of fused-ring (bicyclic) bond motifs is 3. The molecule has 5 aromatic rings. The van der Waals surface area contributed by atoms with Gasteiger partial charge in [-0.1, -0.05) is 59.3 Å². The molecule has 2 heterocycles. The standard InChI is InChI=1S/C23H18ClN5O2S/c24-17-12-10-16(11-13-17)14-15-25-21-19-8-4-5-9-20(19)29-22(26-21)23(27-28-29)32(30,31)18-6-2-1-3-7-18/h1-13H,14-15H2,(H,25,26). The third kappa shape index (κ3) is 3.68. The van der Waals surface area contributed by atoms with Crippen molar-refractivity contribution in [1.82, 2.24) is 19.8 Å². The van der Waals surface area contributed by atoms with Crippen LogP contribution in [0.15, 0.2) is 88.8 Å². The highest BCUT2D eigenvalue weighted by molar-refractivity contribution is 7.91. The molecule has 160 valence electrons. The van der Waals surface area contributed by atoms with Crippen LogP contribution in [0.5, 0.6) is 0 Å². The molecule has 0 amide bonds. The van der Waals surface area contributed by atoms with Gasteiger partial charge in [-0.15, -0.1) is 5.10 Å². The summed E-state index contributed by atoms with van der Waals surface area (Å²) in [4.78, 5) is 4.77. The number of halogens is 1. The third-order valence-electron chi connectivity index (χ3n) is 5.15. The van der Waals surface area contributed by atoms with Gasteiger partial charge in [0.25, 0.3) is 0 Å². The van der Waals surface area contributed by atoms with Crippen molar-refractivity contribution >= 4 is 43.8 Å². The lowest BCUT2D eigenvalue weighted by Crippen LogP contribution is -2.09. The average molecular weight is 464 g/mol. The Morgan fingerprint density at radius 2 is 1.62 bits per heavy atom. The maximum absolute atomic E-state index is 13.2. The van der Waals surface area contributed by atoms with Crippen LogP contribution < -0.4 is 5.32 Å². The fourth-order valence-corrected chi connectivity index (χ4v) is 4.92. The Labute approximate surface area is 189 Å². The molecule has 0 aliphatic heterocycles. The van der Waals surface area contributed by atoms with Gasteiger partial charge in [-0.05, 0) is 48.4 Å². The Hall–Kier alpha value is -3.49. The third-order valence-corrected chi connectivity index (χ3v) is 7.07. The monoisotopic (exact) mass is 463 g/mol. The lowest BCUT2D eigenvalue weighted by Gasteiger charge is -2.10. The topological polar surface area (TPSA) is 89.2 Å². The summed E-state index contributed by atoms with van der Waals surface area (Å²) >= 11 is 5.96. The first-order valence-corrected chi connectivity index (χ1v) is 11.8. The number of anilines is 1. The summed E-state index contributed by atoms with van der Waals surface area (Å²) < 4.78 is 27.9. The van der Waals surface area contributed by atoms with Crippen LogP contribution in [-0.2, 0) is 16.3 Å². The molecule has 7 nitrogen and oxygen atoms in total. The van der Waals surface area contributed by atoms with E-state index in [2.05, 4.69) is 20.6 Å². The smallest absolute Gasteiger partial charge is 0.229 e. The van der Waals surface area contributed by atoms with Gasteiger partial charge >= 0.3 is 0 Å². The van der Waals surface area contributed by atoms with E-state index < -0.39 is 9.84 Å². The molecular weight excluding hydrogens is 446 g/mol. The van der Waals surface area contributed by atoms with Crippen molar-refractivity contribution in [2.24, 2.45) is 0 Å². The zero-order valence-corrected chi connectivity index (χ0v) is 18.4. The largest absolute Gasteiger partial charge is 0.369 e. The zero-order chi connectivity index (χ0) is 22.1. The van der Waals surface area contributed by atoms with Crippen LogP contribution in [0.2, 0.25) is 5.02 Å². The number of benzene rings is 3. The Balaban J connectivity index is 1.56. The normalized spacial score (nSPS) is 11.8. The van der Waals surface area contributed by atoms with Crippen LogP contribution in [0.3, 0.4) is 0 Å². The fraction of sp³-hybridized carbons (Fsp3) is 0.0870. The van der Waals surface area contributed by atoms with Gasteiger partial charge in [-0.25, -0.2) is 13.4 Å². The van der Waals surface area contributed by atoms with E-state index in [0.717, 1.165) is 17.4 Å². The lowest BCUT2D eigenvalue weighted by molar-refractivity contribution is 0.592. The second kappa shape index (κ2) is 8.22. The second-order valence-electron chi connectivity index (χ2n) is 7.23. The van der Waals surface area contributed by atoms with E-state index in [1.54, 1.807) is 18.2 Å². The van der Waals surface area contributed by atoms with E-state index in [1.807, 2.05) is 48.5 Å². The number of hydrogen-bond donors (Lipinski definition) is 1. The molecule has 0 aliphatic rings. The molecule has 0 fully saturated rings. The van der Waals surface area contributed by atoms with Gasteiger partial charge in [0.15, 0.2) is 5.65 Å². The molecule has 0 unspecified atom stereocenters. The maximum Gasteiger partial charge on any atom is 0.229 e. The molecule has 0 saturated carbocycles. The van der Waals surface area contributed by atoms with Crippen molar-refractivity contribution in [2.45, 2.75) is 16.3 Å². The molecule has 0 atom stereocenters. The van der Waals surface area contributed by atoms with Crippen molar-refractivity contribution in [2.75, 3.05) is 11.9 Å². The van der Waals surface area contributed by atoms with Gasteiger partial charge in [0.1, 0.15) is 5.82 Å². The highest BCUT2D eigenvalue weighted by Crippen LogP contribution is 2.27. The second-order valence-corrected chi connectivity index (χ2v) is 9.53. The minimum absolute atomic E-state index is 0.148. The summed E-state index contributed by atoms with van der Waals surface area (Å²) in [6.07, 6.45) is 0.755. The number of para-hydroxylation sites is 1. The van der Waals surface area contributed by atoms with Crippen molar-refractivity contribution in [3.05, 3.63) is 89.4 Å². The first kappa shape index (κ1) is 20.4. The first-order chi connectivity index (χ1) is 15.5. The molecule has 3 aromatic carbocycles. The molecule has 0 spiro atoms. The van der Waals surface area contributed by atoms with Crippen molar-refractivity contribution < 1.29 is 8.42 Å². The lowest BCUT2D eigenvalue weighted by atomic mass is 10.1. The predicted molar refractivity (Wildman–Crippen MR) is 124 cm³/mol. The number of nitrogens with zero attached hydrogens (tertiary/aromatic N) is 4.